The van der Waals surface area contributed by atoms with Crippen molar-refractivity contribution in [2.24, 2.45) is 0 Å². The van der Waals surface area contributed by atoms with Gasteiger partial charge in [0.15, 0.2) is 0 Å². The largest absolute Gasteiger partial charge is 0.456 e. The van der Waals surface area contributed by atoms with Gasteiger partial charge in [-0.2, -0.15) is 0 Å². The maximum Gasteiger partial charge on any atom is 0.145 e. The summed E-state index contributed by atoms with van der Waals surface area (Å²) in [4.78, 5) is 4.42. The van der Waals surface area contributed by atoms with Crippen molar-refractivity contribution >= 4 is 15.9 Å². The third-order valence-corrected chi connectivity index (χ3v) is 3.24. The highest BCUT2D eigenvalue weighted by Gasteiger charge is 2.05. The van der Waals surface area contributed by atoms with E-state index in [0.717, 1.165) is 28.2 Å². The molecule has 3 nitrogen and oxygen atoms in total. The summed E-state index contributed by atoms with van der Waals surface area (Å²) in [6, 6.07) is 11.9. The van der Waals surface area contributed by atoms with E-state index in [1.54, 1.807) is 6.20 Å². The van der Waals surface area contributed by atoms with Crippen LogP contribution in [0.1, 0.15) is 25.6 Å². The standard InChI is InChI=1S/C15H17BrN2O/c1-3-17-11(2)15-8-7-14(10-18-15)19-13-6-4-5-12(16)9-13/h4-11,17H,3H2,1-2H3. The van der Waals surface area contributed by atoms with Crippen molar-refractivity contribution in [1.82, 2.24) is 10.3 Å². The maximum atomic E-state index is 5.74. The fourth-order valence-corrected chi connectivity index (χ4v) is 2.16. The number of nitrogens with one attached hydrogen (secondary N) is 1. The number of ether oxygens (including phenoxy) is 1. The minimum Gasteiger partial charge on any atom is -0.456 e. The minimum absolute atomic E-state index is 0.255. The van der Waals surface area contributed by atoms with Gasteiger partial charge >= 0.3 is 0 Å². The molecule has 1 unspecified atom stereocenters. The van der Waals surface area contributed by atoms with Gasteiger partial charge in [-0.1, -0.05) is 28.9 Å². The van der Waals surface area contributed by atoms with Crippen molar-refractivity contribution in [2.75, 3.05) is 6.54 Å². The van der Waals surface area contributed by atoms with Gasteiger partial charge in [0.05, 0.1) is 11.9 Å². The van der Waals surface area contributed by atoms with Crippen molar-refractivity contribution in [3.63, 3.8) is 0 Å². The SMILES string of the molecule is CCNC(C)c1ccc(Oc2cccc(Br)c2)cn1. The Labute approximate surface area is 122 Å². The van der Waals surface area contributed by atoms with Crippen LogP contribution in [0, 0.1) is 0 Å². The van der Waals surface area contributed by atoms with Gasteiger partial charge < -0.3 is 10.1 Å². The Hall–Kier alpha value is -1.39. The van der Waals surface area contributed by atoms with E-state index >= 15 is 0 Å². The van der Waals surface area contributed by atoms with Crippen LogP contribution in [0.15, 0.2) is 47.1 Å². The molecule has 1 atom stereocenters. The van der Waals surface area contributed by atoms with E-state index in [-0.39, 0.29) is 6.04 Å². The summed E-state index contributed by atoms with van der Waals surface area (Å²) in [6.45, 7) is 5.11. The Morgan fingerprint density at radius 2 is 2.11 bits per heavy atom. The summed E-state index contributed by atoms with van der Waals surface area (Å²) < 4.78 is 6.74. The molecule has 0 saturated heterocycles. The summed E-state index contributed by atoms with van der Waals surface area (Å²) in [5.41, 5.74) is 1.02. The van der Waals surface area contributed by atoms with Gasteiger partial charge in [0.25, 0.3) is 0 Å². The van der Waals surface area contributed by atoms with Gasteiger partial charge in [-0.3, -0.25) is 4.98 Å². The molecule has 100 valence electrons. The van der Waals surface area contributed by atoms with Crippen molar-refractivity contribution < 1.29 is 4.74 Å². The van der Waals surface area contributed by atoms with E-state index in [2.05, 4.69) is 40.1 Å². The van der Waals surface area contributed by atoms with Gasteiger partial charge in [0.1, 0.15) is 11.5 Å². The zero-order valence-electron chi connectivity index (χ0n) is 11.1. The Balaban J connectivity index is 2.06. The first-order valence-electron chi connectivity index (χ1n) is 6.32. The van der Waals surface area contributed by atoms with Crippen LogP contribution in [-0.4, -0.2) is 11.5 Å². The molecule has 0 aliphatic rings. The molecule has 1 aromatic heterocycles. The highest BCUT2D eigenvalue weighted by molar-refractivity contribution is 9.10. The molecule has 0 aliphatic heterocycles. The number of aromatic nitrogens is 1. The summed E-state index contributed by atoms with van der Waals surface area (Å²) in [5.74, 6) is 1.54. The summed E-state index contributed by atoms with van der Waals surface area (Å²) in [5, 5.41) is 3.33. The third kappa shape index (κ3) is 4.04. The quantitative estimate of drug-likeness (QED) is 0.891. The van der Waals surface area contributed by atoms with Crippen LogP contribution in [0.2, 0.25) is 0 Å². The molecule has 1 N–H and O–H groups in total. The molecule has 2 rings (SSSR count). The molecule has 0 spiro atoms. The second-order valence-electron chi connectivity index (χ2n) is 4.26. The number of hydrogen-bond donors (Lipinski definition) is 1. The molecule has 0 fully saturated rings. The number of nitrogens with zero attached hydrogens (tertiary/aromatic N) is 1. The van der Waals surface area contributed by atoms with Crippen molar-refractivity contribution in [1.29, 1.82) is 0 Å². The minimum atomic E-state index is 0.255. The van der Waals surface area contributed by atoms with Gasteiger partial charge in [0, 0.05) is 10.5 Å². The molecule has 1 aromatic carbocycles. The summed E-state index contributed by atoms with van der Waals surface area (Å²) in [7, 11) is 0. The molecular weight excluding hydrogens is 304 g/mol. The number of hydrogen-bond acceptors (Lipinski definition) is 3. The van der Waals surface area contributed by atoms with Gasteiger partial charge in [0.2, 0.25) is 0 Å². The molecule has 2 aromatic rings. The van der Waals surface area contributed by atoms with E-state index < -0.39 is 0 Å². The lowest BCUT2D eigenvalue weighted by atomic mass is 10.2. The lowest BCUT2D eigenvalue weighted by Gasteiger charge is -2.12. The highest BCUT2D eigenvalue weighted by atomic mass is 79.9. The van der Waals surface area contributed by atoms with Gasteiger partial charge in [-0.05, 0) is 43.8 Å². The van der Waals surface area contributed by atoms with Crippen molar-refractivity contribution in [3.8, 4) is 11.5 Å². The molecule has 0 bridgehead atoms. The Bertz CT molecular complexity index is 528. The molecule has 0 amide bonds. The number of benzene rings is 1. The molecule has 0 aliphatic carbocycles. The van der Waals surface area contributed by atoms with Crippen LogP contribution < -0.4 is 10.1 Å². The lowest BCUT2D eigenvalue weighted by molar-refractivity contribution is 0.478. The van der Waals surface area contributed by atoms with E-state index in [1.807, 2.05) is 36.4 Å². The monoisotopic (exact) mass is 320 g/mol. The lowest BCUT2D eigenvalue weighted by Crippen LogP contribution is -2.18. The fraction of sp³-hybridized carbons (Fsp3) is 0.267. The molecular formula is C15H17BrN2O. The Kier molecular flexibility index (Phi) is 4.93. The van der Waals surface area contributed by atoms with Gasteiger partial charge in [-0.15, -0.1) is 0 Å². The average molecular weight is 321 g/mol. The molecule has 1 heterocycles. The van der Waals surface area contributed by atoms with E-state index in [0.29, 0.717) is 0 Å². The first kappa shape index (κ1) is 14.0. The van der Waals surface area contributed by atoms with Crippen LogP contribution in [0.4, 0.5) is 0 Å². The zero-order chi connectivity index (χ0) is 13.7. The van der Waals surface area contributed by atoms with Crippen LogP contribution in [-0.2, 0) is 0 Å². The second kappa shape index (κ2) is 6.68. The molecule has 4 heteroatoms. The summed E-state index contributed by atoms with van der Waals surface area (Å²) in [6.07, 6.45) is 1.75. The topological polar surface area (TPSA) is 34.1 Å². The van der Waals surface area contributed by atoms with Crippen molar-refractivity contribution in [2.45, 2.75) is 19.9 Å². The fourth-order valence-electron chi connectivity index (χ4n) is 1.79. The molecule has 0 saturated carbocycles. The number of rotatable bonds is 5. The average Bonchev–Trinajstić information content (AvgIpc) is 2.40. The second-order valence-corrected chi connectivity index (χ2v) is 5.17. The predicted octanol–water partition coefficient (Wildman–Crippen LogP) is 4.31. The van der Waals surface area contributed by atoms with Crippen LogP contribution in [0.3, 0.4) is 0 Å². The van der Waals surface area contributed by atoms with Crippen LogP contribution in [0.5, 0.6) is 11.5 Å². The number of pyridine rings is 1. The molecule has 0 radical (unpaired) electrons. The predicted molar refractivity (Wildman–Crippen MR) is 80.5 cm³/mol. The molecule has 19 heavy (non-hydrogen) atoms. The number of halogens is 1. The maximum absolute atomic E-state index is 5.74. The van der Waals surface area contributed by atoms with E-state index in [9.17, 15) is 0 Å². The summed E-state index contributed by atoms with van der Waals surface area (Å²) >= 11 is 3.42. The first-order chi connectivity index (χ1) is 9.19. The van der Waals surface area contributed by atoms with Crippen LogP contribution in [0.25, 0.3) is 0 Å². The highest BCUT2D eigenvalue weighted by Crippen LogP contribution is 2.24. The first-order valence-corrected chi connectivity index (χ1v) is 7.11. The van der Waals surface area contributed by atoms with Crippen molar-refractivity contribution in [3.05, 3.63) is 52.8 Å². The smallest absolute Gasteiger partial charge is 0.145 e. The van der Waals surface area contributed by atoms with Crippen LogP contribution >= 0.6 is 15.9 Å². The Morgan fingerprint density at radius 3 is 2.74 bits per heavy atom. The normalized spacial score (nSPS) is 12.2. The van der Waals surface area contributed by atoms with E-state index in [1.165, 1.54) is 0 Å². The van der Waals surface area contributed by atoms with E-state index in [4.69, 9.17) is 4.74 Å². The zero-order valence-corrected chi connectivity index (χ0v) is 12.6. The Morgan fingerprint density at radius 1 is 1.26 bits per heavy atom. The van der Waals surface area contributed by atoms with Gasteiger partial charge in [-0.25, -0.2) is 0 Å². The third-order valence-electron chi connectivity index (χ3n) is 2.74.